The number of nitrogens with one attached hydrogen (secondary N) is 2. The molecule has 2 N–H and O–H groups in total. The van der Waals surface area contributed by atoms with Crippen LogP contribution in [-0.2, 0) is 9.59 Å². The van der Waals surface area contributed by atoms with Gasteiger partial charge in [-0.1, -0.05) is 6.07 Å². The van der Waals surface area contributed by atoms with Crippen molar-refractivity contribution >= 4 is 23.6 Å². The molecule has 1 fully saturated rings. The van der Waals surface area contributed by atoms with E-state index in [-0.39, 0.29) is 24.0 Å². The summed E-state index contributed by atoms with van der Waals surface area (Å²) in [5.74, 6) is 1.23. The molecule has 0 radical (unpaired) electrons. The van der Waals surface area contributed by atoms with Gasteiger partial charge in [0.05, 0.1) is 0 Å². The van der Waals surface area contributed by atoms with Crippen LogP contribution in [0.25, 0.3) is 0 Å². The van der Waals surface area contributed by atoms with E-state index >= 15 is 0 Å². The van der Waals surface area contributed by atoms with Crippen molar-refractivity contribution < 1.29 is 14.3 Å². The zero-order valence-corrected chi connectivity index (χ0v) is 15.7. The smallest absolute Gasteiger partial charge is 0.242 e. The number of thioether (sulfide) groups is 1. The van der Waals surface area contributed by atoms with E-state index in [4.69, 9.17) is 4.74 Å². The van der Waals surface area contributed by atoms with E-state index < -0.39 is 6.04 Å². The van der Waals surface area contributed by atoms with Crippen molar-refractivity contribution in [3.63, 3.8) is 0 Å². The zero-order chi connectivity index (χ0) is 18.1. The Labute approximate surface area is 153 Å². The Balaban J connectivity index is 1.77. The number of aromatic nitrogens is 1. The number of nitrogens with zero attached hydrogens (tertiary/aromatic N) is 1. The second-order valence-electron chi connectivity index (χ2n) is 6.30. The molecule has 1 aliphatic rings. The minimum absolute atomic E-state index is 0.0849. The lowest BCUT2D eigenvalue weighted by Gasteiger charge is -2.30. The average molecular weight is 365 g/mol. The largest absolute Gasteiger partial charge is 0.474 e. The second-order valence-corrected chi connectivity index (χ2v) is 7.29. The highest BCUT2D eigenvalue weighted by Gasteiger charge is 2.26. The van der Waals surface area contributed by atoms with Gasteiger partial charge in [-0.05, 0) is 50.2 Å². The van der Waals surface area contributed by atoms with Crippen molar-refractivity contribution in [2.75, 3.05) is 12.0 Å². The SMILES string of the molecule is CSCC[C@H](NC(C)=O)C(=O)NC1CCC(Oc2ccccn2)CC1. The summed E-state index contributed by atoms with van der Waals surface area (Å²) in [5, 5.41) is 5.83. The van der Waals surface area contributed by atoms with Crippen LogP contribution < -0.4 is 15.4 Å². The average Bonchev–Trinajstić information content (AvgIpc) is 2.61. The van der Waals surface area contributed by atoms with Crippen molar-refractivity contribution in [1.29, 1.82) is 0 Å². The zero-order valence-electron chi connectivity index (χ0n) is 14.9. The summed E-state index contributed by atoms with van der Waals surface area (Å²) < 4.78 is 5.88. The van der Waals surface area contributed by atoms with Crippen molar-refractivity contribution in [1.82, 2.24) is 15.6 Å². The molecule has 1 aromatic heterocycles. The van der Waals surface area contributed by atoms with Crippen LogP contribution in [0, 0.1) is 0 Å². The lowest BCUT2D eigenvalue weighted by Crippen LogP contribution is -2.50. The predicted octanol–water partition coefficient (Wildman–Crippen LogP) is 2.15. The van der Waals surface area contributed by atoms with Gasteiger partial charge in [0.15, 0.2) is 0 Å². The molecule has 1 aromatic rings. The fraction of sp³-hybridized carbons (Fsp3) is 0.611. The third-order valence-corrected chi connectivity index (χ3v) is 4.89. The van der Waals surface area contributed by atoms with E-state index in [2.05, 4.69) is 15.6 Å². The Morgan fingerprint density at radius 2 is 2.08 bits per heavy atom. The molecule has 0 unspecified atom stereocenters. The molecular formula is C18H27N3O3S. The van der Waals surface area contributed by atoms with Crippen LogP contribution in [-0.4, -0.2) is 47.0 Å². The molecule has 1 heterocycles. The van der Waals surface area contributed by atoms with Gasteiger partial charge in [-0.3, -0.25) is 9.59 Å². The first kappa shape index (κ1) is 19.6. The molecule has 2 amide bonds. The van der Waals surface area contributed by atoms with E-state index in [1.165, 1.54) is 6.92 Å². The molecule has 0 bridgehead atoms. The van der Waals surface area contributed by atoms with Crippen LogP contribution in [0.1, 0.15) is 39.0 Å². The van der Waals surface area contributed by atoms with Gasteiger partial charge in [-0.15, -0.1) is 0 Å². The minimum Gasteiger partial charge on any atom is -0.474 e. The Hall–Kier alpha value is -1.76. The van der Waals surface area contributed by atoms with Crippen molar-refractivity contribution in [3.8, 4) is 5.88 Å². The molecule has 6 nitrogen and oxygen atoms in total. The van der Waals surface area contributed by atoms with Gasteiger partial charge < -0.3 is 15.4 Å². The van der Waals surface area contributed by atoms with Gasteiger partial charge in [-0.25, -0.2) is 4.98 Å². The van der Waals surface area contributed by atoms with Crippen LogP contribution >= 0.6 is 11.8 Å². The molecule has 25 heavy (non-hydrogen) atoms. The van der Waals surface area contributed by atoms with E-state index in [0.717, 1.165) is 31.4 Å². The molecule has 1 saturated carbocycles. The number of ether oxygens (including phenoxy) is 1. The molecule has 138 valence electrons. The van der Waals surface area contributed by atoms with Gasteiger partial charge in [-0.2, -0.15) is 11.8 Å². The lowest BCUT2D eigenvalue weighted by molar-refractivity contribution is -0.128. The number of pyridine rings is 1. The number of amides is 2. The normalized spacial score (nSPS) is 21.2. The van der Waals surface area contributed by atoms with Gasteiger partial charge >= 0.3 is 0 Å². The highest BCUT2D eigenvalue weighted by atomic mass is 32.2. The Kier molecular flexibility index (Phi) is 8.04. The molecule has 2 rings (SSSR count). The number of carbonyl (C=O) groups is 2. The number of hydrogen-bond donors (Lipinski definition) is 2. The highest BCUT2D eigenvalue weighted by Crippen LogP contribution is 2.23. The molecule has 1 aliphatic carbocycles. The standard InChI is InChI=1S/C18H27N3O3S/c1-13(22)20-16(10-12-25-2)18(23)21-14-6-8-15(9-7-14)24-17-5-3-4-11-19-17/h3-5,11,14-16H,6-10,12H2,1-2H3,(H,20,22)(H,21,23)/t14?,15?,16-/m0/s1. The molecule has 0 spiro atoms. The summed E-state index contributed by atoms with van der Waals surface area (Å²) in [6.45, 7) is 1.44. The minimum atomic E-state index is -0.451. The molecule has 1 atom stereocenters. The highest BCUT2D eigenvalue weighted by molar-refractivity contribution is 7.98. The fourth-order valence-electron chi connectivity index (χ4n) is 2.96. The van der Waals surface area contributed by atoms with Crippen LogP contribution in [0.4, 0.5) is 0 Å². The number of carbonyl (C=O) groups excluding carboxylic acids is 2. The quantitative estimate of drug-likeness (QED) is 0.738. The summed E-state index contributed by atoms with van der Waals surface area (Å²) in [7, 11) is 0. The summed E-state index contributed by atoms with van der Waals surface area (Å²) >= 11 is 1.67. The van der Waals surface area contributed by atoms with E-state index in [1.54, 1.807) is 18.0 Å². The molecule has 0 saturated heterocycles. The van der Waals surface area contributed by atoms with Gasteiger partial charge in [0.25, 0.3) is 0 Å². The van der Waals surface area contributed by atoms with Gasteiger partial charge in [0.2, 0.25) is 17.7 Å². The first-order valence-corrected chi connectivity index (χ1v) is 10.1. The van der Waals surface area contributed by atoms with Gasteiger partial charge in [0.1, 0.15) is 12.1 Å². The summed E-state index contributed by atoms with van der Waals surface area (Å²) in [6, 6.07) is 5.32. The van der Waals surface area contributed by atoms with Crippen LogP contribution in [0.2, 0.25) is 0 Å². The van der Waals surface area contributed by atoms with Crippen LogP contribution in [0.15, 0.2) is 24.4 Å². The molecule has 7 heteroatoms. The maximum Gasteiger partial charge on any atom is 0.242 e. The Bertz CT molecular complexity index is 548. The maximum atomic E-state index is 12.4. The van der Waals surface area contributed by atoms with Gasteiger partial charge in [0, 0.05) is 25.2 Å². The maximum absolute atomic E-state index is 12.4. The monoisotopic (exact) mass is 365 g/mol. The predicted molar refractivity (Wildman–Crippen MR) is 99.7 cm³/mol. The molecule has 0 aliphatic heterocycles. The Morgan fingerprint density at radius 3 is 2.68 bits per heavy atom. The molecule has 0 aromatic carbocycles. The van der Waals surface area contributed by atoms with E-state index in [1.807, 2.05) is 24.5 Å². The second kappa shape index (κ2) is 10.3. The van der Waals surface area contributed by atoms with E-state index in [9.17, 15) is 9.59 Å². The molecular weight excluding hydrogens is 338 g/mol. The van der Waals surface area contributed by atoms with Crippen molar-refractivity contribution in [2.45, 2.75) is 57.2 Å². The number of hydrogen-bond acceptors (Lipinski definition) is 5. The summed E-state index contributed by atoms with van der Waals surface area (Å²) in [4.78, 5) is 27.9. The van der Waals surface area contributed by atoms with E-state index in [0.29, 0.717) is 12.3 Å². The van der Waals surface area contributed by atoms with Crippen molar-refractivity contribution in [2.24, 2.45) is 0 Å². The topological polar surface area (TPSA) is 80.3 Å². The first-order chi connectivity index (χ1) is 12.1. The first-order valence-electron chi connectivity index (χ1n) is 8.72. The van der Waals surface area contributed by atoms with Crippen molar-refractivity contribution in [3.05, 3.63) is 24.4 Å². The number of rotatable bonds is 8. The Morgan fingerprint density at radius 1 is 1.32 bits per heavy atom. The van der Waals surface area contributed by atoms with Crippen LogP contribution in [0.3, 0.4) is 0 Å². The third-order valence-electron chi connectivity index (χ3n) is 4.25. The van der Waals surface area contributed by atoms with Crippen LogP contribution in [0.5, 0.6) is 5.88 Å². The fourth-order valence-corrected chi connectivity index (χ4v) is 3.44. The summed E-state index contributed by atoms with van der Waals surface area (Å²) in [5.41, 5.74) is 0. The summed E-state index contributed by atoms with van der Waals surface area (Å²) in [6.07, 6.45) is 8.02. The third kappa shape index (κ3) is 6.94. The lowest BCUT2D eigenvalue weighted by atomic mass is 9.92.